The van der Waals surface area contributed by atoms with Crippen molar-refractivity contribution in [1.29, 1.82) is 0 Å². The molecule has 3 heterocycles. The smallest absolute Gasteiger partial charge is 0.243 e. The van der Waals surface area contributed by atoms with E-state index in [4.69, 9.17) is 5.73 Å². The SMILES string of the molecule is Cc1ccc(S(=O)(=O)N2CCC[C@H]2Cn2cnc3cnc(N)nc32)cc1. The van der Waals surface area contributed by atoms with Crippen molar-refractivity contribution in [2.45, 2.75) is 37.2 Å². The van der Waals surface area contributed by atoms with Crippen LogP contribution in [-0.2, 0) is 16.6 Å². The summed E-state index contributed by atoms with van der Waals surface area (Å²) < 4.78 is 29.6. The molecule has 4 rings (SSSR count). The van der Waals surface area contributed by atoms with Crippen LogP contribution in [-0.4, -0.2) is 44.8 Å². The predicted molar refractivity (Wildman–Crippen MR) is 97.8 cm³/mol. The molecule has 1 aliphatic heterocycles. The summed E-state index contributed by atoms with van der Waals surface area (Å²) in [5.41, 5.74) is 7.97. The van der Waals surface area contributed by atoms with Gasteiger partial charge in [0.25, 0.3) is 0 Å². The number of imidazole rings is 1. The quantitative estimate of drug-likeness (QED) is 0.745. The van der Waals surface area contributed by atoms with Gasteiger partial charge in [0, 0.05) is 19.1 Å². The maximum Gasteiger partial charge on any atom is 0.243 e. The van der Waals surface area contributed by atoms with Crippen molar-refractivity contribution in [2.24, 2.45) is 0 Å². The Morgan fingerprint density at radius 2 is 2.00 bits per heavy atom. The van der Waals surface area contributed by atoms with Gasteiger partial charge in [-0.05, 0) is 31.9 Å². The van der Waals surface area contributed by atoms with Crippen LogP contribution in [0.4, 0.5) is 5.95 Å². The third-order valence-corrected chi connectivity index (χ3v) is 6.70. The molecule has 0 radical (unpaired) electrons. The van der Waals surface area contributed by atoms with E-state index < -0.39 is 10.0 Å². The summed E-state index contributed by atoms with van der Waals surface area (Å²) in [6, 6.07) is 6.83. The molecular formula is C17H20N6O2S. The van der Waals surface area contributed by atoms with Gasteiger partial charge in [-0.3, -0.25) is 0 Å². The van der Waals surface area contributed by atoms with Gasteiger partial charge in [0.2, 0.25) is 16.0 Å². The second-order valence-electron chi connectivity index (χ2n) is 6.56. The van der Waals surface area contributed by atoms with Gasteiger partial charge in [-0.1, -0.05) is 17.7 Å². The highest BCUT2D eigenvalue weighted by molar-refractivity contribution is 7.89. The van der Waals surface area contributed by atoms with Gasteiger partial charge in [0.05, 0.1) is 17.4 Å². The van der Waals surface area contributed by atoms with E-state index in [0.717, 1.165) is 18.4 Å². The molecule has 0 bridgehead atoms. The van der Waals surface area contributed by atoms with Crippen LogP contribution in [0.1, 0.15) is 18.4 Å². The number of fused-ring (bicyclic) bond motifs is 1. The first kappa shape index (κ1) is 16.9. The van der Waals surface area contributed by atoms with E-state index in [2.05, 4.69) is 15.0 Å². The lowest BCUT2D eigenvalue weighted by atomic mass is 10.2. The molecule has 136 valence electrons. The average Bonchev–Trinajstić information content (AvgIpc) is 3.23. The van der Waals surface area contributed by atoms with Crippen LogP contribution in [0.15, 0.2) is 41.7 Å². The molecule has 0 aliphatic carbocycles. The van der Waals surface area contributed by atoms with E-state index in [-0.39, 0.29) is 12.0 Å². The topological polar surface area (TPSA) is 107 Å². The number of sulfonamides is 1. The summed E-state index contributed by atoms with van der Waals surface area (Å²) in [5.74, 6) is 0.176. The van der Waals surface area contributed by atoms with E-state index in [9.17, 15) is 8.42 Å². The molecule has 1 saturated heterocycles. The lowest BCUT2D eigenvalue weighted by molar-refractivity contribution is 0.354. The zero-order valence-electron chi connectivity index (χ0n) is 14.4. The highest BCUT2D eigenvalue weighted by atomic mass is 32.2. The minimum absolute atomic E-state index is 0.144. The summed E-state index contributed by atoms with van der Waals surface area (Å²) in [6.45, 7) is 2.94. The zero-order valence-corrected chi connectivity index (χ0v) is 15.2. The molecule has 8 nitrogen and oxygen atoms in total. The van der Waals surface area contributed by atoms with Crippen molar-refractivity contribution >= 4 is 27.1 Å². The molecule has 1 atom stereocenters. The van der Waals surface area contributed by atoms with Gasteiger partial charge in [-0.15, -0.1) is 0 Å². The number of rotatable bonds is 4. The fraction of sp³-hybridized carbons (Fsp3) is 0.353. The molecule has 9 heteroatoms. The second kappa shape index (κ2) is 6.33. The van der Waals surface area contributed by atoms with Gasteiger partial charge in [0.15, 0.2) is 5.65 Å². The van der Waals surface area contributed by atoms with E-state index >= 15 is 0 Å². The lowest BCUT2D eigenvalue weighted by Crippen LogP contribution is -2.38. The number of hydrogen-bond acceptors (Lipinski definition) is 6. The first-order valence-corrected chi connectivity index (χ1v) is 9.91. The maximum absolute atomic E-state index is 13.1. The van der Waals surface area contributed by atoms with Crippen LogP contribution < -0.4 is 5.73 Å². The molecule has 26 heavy (non-hydrogen) atoms. The largest absolute Gasteiger partial charge is 0.368 e. The van der Waals surface area contributed by atoms with Crippen LogP contribution in [0.5, 0.6) is 0 Å². The monoisotopic (exact) mass is 372 g/mol. The Labute approximate surface area is 151 Å². The van der Waals surface area contributed by atoms with Gasteiger partial charge in [0.1, 0.15) is 5.52 Å². The fourth-order valence-electron chi connectivity index (χ4n) is 3.38. The van der Waals surface area contributed by atoms with Crippen molar-refractivity contribution in [3.63, 3.8) is 0 Å². The molecule has 2 N–H and O–H groups in total. The van der Waals surface area contributed by atoms with Gasteiger partial charge < -0.3 is 10.3 Å². The Bertz CT molecular complexity index is 1040. The number of nitrogen functional groups attached to an aromatic ring is 1. The number of nitrogens with zero attached hydrogens (tertiary/aromatic N) is 5. The minimum Gasteiger partial charge on any atom is -0.368 e. The van der Waals surface area contributed by atoms with Crippen LogP contribution >= 0.6 is 0 Å². The zero-order chi connectivity index (χ0) is 18.3. The summed E-state index contributed by atoms with van der Waals surface area (Å²) >= 11 is 0. The van der Waals surface area contributed by atoms with E-state index in [1.54, 1.807) is 29.0 Å². The summed E-state index contributed by atoms with van der Waals surface area (Å²) in [6.07, 6.45) is 4.86. The average molecular weight is 372 g/mol. The Morgan fingerprint density at radius 3 is 2.77 bits per heavy atom. The molecule has 1 aliphatic rings. The van der Waals surface area contributed by atoms with Crippen LogP contribution in [0.2, 0.25) is 0 Å². The van der Waals surface area contributed by atoms with Crippen molar-refractivity contribution in [2.75, 3.05) is 12.3 Å². The second-order valence-corrected chi connectivity index (χ2v) is 8.45. The van der Waals surface area contributed by atoms with Crippen LogP contribution in [0, 0.1) is 6.92 Å². The molecule has 2 aromatic heterocycles. The Balaban J connectivity index is 1.64. The van der Waals surface area contributed by atoms with Gasteiger partial charge >= 0.3 is 0 Å². The van der Waals surface area contributed by atoms with Crippen LogP contribution in [0.3, 0.4) is 0 Å². The minimum atomic E-state index is -3.53. The molecular weight excluding hydrogens is 352 g/mol. The highest BCUT2D eigenvalue weighted by Crippen LogP contribution is 2.28. The predicted octanol–water partition coefficient (Wildman–Crippen LogP) is 1.57. The Morgan fingerprint density at radius 1 is 1.23 bits per heavy atom. The number of anilines is 1. The third kappa shape index (κ3) is 2.93. The molecule has 0 spiro atoms. The number of hydrogen-bond donors (Lipinski definition) is 1. The number of aromatic nitrogens is 4. The van der Waals surface area contributed by atoms with E-state index in [1.807, 2.05) is 23.6 Å². The summed E-state index contributed by atoms with van der Waals surface area (Å²) in [5, 5.41) is 0. The first-order chi connectivity index (χ1) is 12.4. The third-order valence-electron chi connectivity index (χ3n) is 4.74. The van der Waals surface area contributed by atoms with Gasteiger partial charge in [-0.2, -0.15) is 9.29 Å². The molecule has 0 saturated carbocycles. The fourth-order valence-corrected chi connectivity index (χ4v) is 5.07. The highest BCUT2D eigenvalue weighted by Gasteiger charge is 2.35. The van der Waals surface area contributed by atoms with E-state index in [1.165, 1.54) is 0 Å². The number of aryl methyl sites for hydroxylation is 1. The Kier molecular flexibility index (Phi) is 4.12. The lowest BCUT2D eigenvalue weighted by Gasteiger charge is -2.24. The van der Waals surface area contributed by atoms with Crippen molar-refractivity contribution in [3.8, 4) is 0 Å². The molecule has 0 unspecified atom stereocenters. The van der Waals surface area contributed by atoms with Crippen molar-refractivity contribution in [1.82, 2.24) is 23.8 Å². The molecule has 3 aromatic rings. The van der Waals surface area contributed by atoms with Crippen LogP contribution in [0.25, 0.3) is 11.2 Å². The molecule has 0 amide bonds. The number of nitrogens with two attached hydrogens (primary N) is 1. The van der Waals surface area contributed by atoms with Gasteiger partial charge in [-0.25, -0.2) is 18.4 Å². The number of benzene rings is 1. The summed E-state index contributed by atoms with van der Waals surface area (Å²) in [7, 11) is -3.53. The van der Waals surface area contributed by atoms with E-state index in [0.29, 0.717) is 29.1 Å². The van der Waals surface area contributed by atoms with Crippen molar-refractivity contribution < 1.29 is 8.42 Å². The summed E-state index contributed by atoms with van der Waals surface area (Å²) in [4.78, 5) is 12.8. The van der Waals surface area contributed by atoms with Crippen molar-refractivity contribution in [3.05, 3.63) is 42.4 Å². The normalized spacial score (nSPS) is 18.6. The maximum atomic E-state index is 13.1. The Hall–Kier alpha value is -2.52. The first-order valence-electron chi connectivity index (χ1n) is 8.47. The molecule has 1 fully saturated rings. The standard InChI is InChI=1S/C17H20N6O2S/c1-12-4-6-14(7-5-12)26(24,25)23-8-2-3-13(23)10-22-11-20-15-9-19-17(18)21-16(15)22/h4-7,9,11,13H,2-3,8,10H2,1H3,(H2,18,19,21)/t13-/m0/s1. The molecule has 1 aromatic carbocycles.